The van der Waals surface area contributed by atoms with Crippen LogP contribution in [0.2, 0.25) is 0 Å². The lowest BCUT2D eigenvalue weighted by molar-refractivity contribution is -0.148. The summed E-state index contributed by atoms with van der Waals surface area (Å²) in [5.41, 5.74) is 2.19. The summed E-state index contributed by atoms with van der Waals surface area (Å²) >= 11 is 0. The van der Waals surface area contributed by atoms with Crippen LogP contribution in [0.5, 0.6) is 23.0 Å². The summed E-state index contributed by atoms with van der Waals surface area (Å²) in [5, 5.41) is 20.1. The Hall–Kier alpha value is -5.74. The van der Waals surface area contributed by atoms with E-state index in [1.54, 1.807) is 60.7 Å². The van der Waals surface area contributed by atoms with Crippen molar-refractivity contribution < 1.29 is 67.2 Å². The molecule has 4 heterocycles. The van der Waals surface area contributed by atoms with Crippen molar-refractivity contribution in [1.82, 2.24) is 0 Å². The Balaban J connectivity index is 1.33. The predicted molar refractivity (Wildman–Crippen MR) is 227 cm³/mol. The number of benzene rings is 4. The van der Waals surface area contributed by atoms with Crippen LogP contribution in [-0.4, -0.2) is 128 Å². The molecule has 4 aromatic rings. The van der Waals surface area contributed by atoms with Gasteiger partial charge in [0.05, 0.1) is 84.8 Å². The SMILES string of the molecule is O=C(O)c1ccc(/C=C/c2cc3c4cc2OCCOCCOCCOCCOc2ccc(cc2)OCC(C(=O)O)(COCCOCCOCCO3)c2ccc(cc2)C=C4)cc1. The Kier molecular flexibility index (Phi) is 17.5. The van der Waals surface area contributed by atoms with Crippen LogP contribution in [0.1, 0.15) is 38.2 Å². The predicted octanol–water partition coefficient (Wildman–Crippen LogP) is 6.39. The van der Waals surface area contributed by atoms with Crippen molar-refractivity contribution in [2.45, 2.75) is 5.41 Å². The Morgan fingerprint density at radius 2 is 1.02 bits per heavy atom. The lowest BCUT2D eigenvalue weighted by Crippen LogP contribution is -2.46. The summed E-state index contributed by atoms with van der Waals surface area (Å²) in [4.78, 5) is 24.6. The smallest absolute Gasteiger partial charge is 0.335 e. The number of carboxylic acid groups (broad SMARTS) is 2. The molecule has 7 bridgehead atoms. The van der Waals surface area contributed by atoms with Gasteiger partial charge in [0.2, 0.25) is 0 Å². The van der Waals surface area contributed by atoms with E-state index in [1.165, 1.54) is 0 Å². The molecule has 0 fully saturated rings. The lowest BCUT2D eigenvalue weighted by Gasteiger charge is -2.30. The number of aliphatic carboxylic acids is 1. The van der Waals surface area contributed by atoms with E-state index in [4.69, 9.17) is 47.4 Å². The monoisotopic (exact) mass is 840 g/mol. The van der Waals surface area contributed by atoms with Gasteiger partial charge in [-0.05, 0) is 65.2 Å². The van der Waals surface area contributed by atoms with Crippen molar-refractivity contribution in [2.75, 3.05) is 106 Å². The van der Waals surface area contributed by atoms with Crippen LogP contribution in [0.4, 0.5) is 0 Å². The number of rotatable bonds is 4. The first-order chi connectivity index (χ1) is 29.9. The third-order valence-electron chi connectivity index (χ3n) is 9.70. The average molecular weight is 841 g/mol. The van der Waals surface area contributed by atoms with Gasteiger partial charge in [-0.3, -0.25) is 4.79 Å². The first kappa shape index (κ1) is 44.8. The molecule has 1 unspecified atom stereocenters. The fourth-order valence-electron chi connectivity index (χ4n) is 6.29. The van der Waals surface area contributed by atoms with E-state index in [9.17, 15) is 19.8 Å². The number of carbonyl (C=O) groups is 2. The Morgan fingerprint density at radius 3 is 1.59 bits per heavy atom. The summed E-state index contributed by atoms with van der Waals surface area (Å²) in [6.45, 7) is 4.06. The van der Waals surface area contributed by atoms with Crippen LogP contribution < -0.4 is 18.9 Å². The van der Waals surface area contributed by atoms with Gasteiger partial charge in [-0.1, -0.05) is 60.7 Å². The molecule has 4 aromatic carbocycles. The maximum absolute atomic E-state index is 13.2. The Morgan fingerprint density at radius 1 is 0.492 bits per heavy atom. The van der Waals surface area contributed by atoms with E-state index < -0.39 is 17.4 Å². The Labute approximate surface area is 355 Å². The van der Waals surface area contributed by atoms with Gasteiger partial charge < -0.3 is 57.6 Å². The average Bonchev–Trinajstić information content (AvgIpc) is 3.27. The van der Waals surface area contributed by atoms with Crippen molar-refractivity contribution in [3.05, 3.63) is 118 Å². The minimum Gasteiger partial charge on any atom is -0.492 e. The maximum Gasteiger partial charge on any atom is 0.335 e. The molecular formula is C47H52O14. The van der Waals surface area contributed by atoms with Crippen molar-refractivity contribution in [3.63, 3.8) is 0 Å². The summed E-state index contributed by atoms with van der Waals surface area (Å²) in [6, 6.07) is 24.6. The zero-order chi connectivity index (χ0) is 42.5. The van der Waals surface area contributed by atoms with Gasteiger partial charge in [-0.2, -0.15) is 0 Å². The second-order valence-electron chi connectivity index (χ2n) is 14.0. The number of hydrogen-bond donors (Lipinski definition) is 2. The molecule has 0 spiro atoms. The standard InChI is InChI=1S/C47H52O14/c48-45(49)37-7-1-35(2-8-37)3-9-38-31-44-39-10-4-36-5-11-40(12-6-36)47(46(50)51,33-57-24-23-53-19-22-56-27-30-60-44)34-61-42-15-13-41(14-16-42)58-28-25-54-20-17-52-18-21-55-26-29-59-43(38)32-39/h1-16,31-32H,17-30,33-34H2,(H,48,49)(H,50,51)/b9-3+,10-4?. The molecule has 324 valence electrons. The van der Waals surface area contributed by atoms with E-state index in [0.717, 1.165) is 22.3 Å². The molecule has 0 aliphatic carbocycles. The molecule has 0 amide bonds. The fraction of sp³-hybridized carbons (Fsp3) is 0.362. The third-order valence-corrected chi connectivity index (χ3v) is 9.70. The Bertz CT molecular complexity index is 2030. The van der Waals surface area contributed by atoms with Gasteiger partial charge in [-0.25, -0.2) is 4.79 Å². The van der Waals surface area contributed by atoms with Gasteiger partial charge in [0, 0.05) is 11.1 Å². The van der Waals surface area contributed by atoms with E-state index in [0.29, 0.717) is 94.6 Å². The van der Waals surface area contributed by atoms with Crippen LogP contribution in [0.3, 0.4) is 0 Å². The number of hydrogen-bond acceptors (Lipinski definition) is 12. The summed E-state index contributed by atoms with van der Waals surface area (Å²) in [7, 11) is 0. The molecule has 61 heavy (non-hydrogen) atoms. The molecule has 0 radical (unpaired) electrons. The number of fused-ring (bicyclic) bond motifs is 26. The molecule has 4 aliphatic heterocycles. The first-order valence-electron chi connectivity index (χ1n) is 20.2. The topological polar surface area (TPSA) is 167 Å². The van der Waals surface area contributed by atoms with E-state index in [-0.39, 0.29) is 45.2 Å². The van der Waals surface area contributed by atoms with Gasteiger partial charge in [-0.15, -0.1) is 0 Å². The van der Waals surface area contributed by atoms with Crippen LogP contribution in [0, 0.1) is 0 Å². The molecular weight excluding hydrogens is 789 g/mol. The summed E-state index contributed by atoms with van der Waals surface area (Å²) in [6.07, 6.45) is 7.56. The molecule has 1 atom stereocenters. The molecule has 14 nitrogen and oxygen atoms in total. The fourth-order valence-corrected chi connectivity index (χ4v) is 6.29. The second kappa shape index (κ2) is 23.9. The van der Waals surface area contributed by atoms with Crippen LogP contribution in [0.25, 0.3) is 24.3 Å². The van der Waals surface area contributed by atoms with E-state index in [1.807, 2.05) is 48.6 Å². The van der Waals surface area contributed by atoms with Crippen LogP contribution in [-0.2, 0) is 38.6 Å². The number of carboxylic acids is 2. The first-order valence-corrected chi connectivity index (χ1v) is 20.2. The number of aromatic carboxylic acids is 1. The summed E-state index contributed by atoms with van der Waals surface area (Å²) in [5.74, 6) is 0.130. The van der Waals surface area contributed by atoms with Gasteiger partial charge in [0.15, 0.2) is 0 Å². The van der Waals surface area contributed by atoms with Crippen LogP contribution >= 0.6 is 0 Å². The molecule has 0 saturated carbocycles. The third kappa shape index (κ3) is 13.9. The summed E-state index contributed by atoms with van der Waals surface area (Å²) < 4.78 is 59.0. The van der Waals surface area contributed by atoms with Gasteiger partial charge in [0.1, 0.15) is 54.8 Å². The maximum atomic E-state index is 13.2. The minimum absolute atomic E-state index is 0.160. The molecule has 4 aliphatic rings. The van der Waals surface area contributed by atoms with Gasteiger partial charge in [0.25, 0.3) is 0 Å². The normalized spacial score (nSPS) is 19.4. The molecule has 14 heteroatoms. The quantitative estimate of drug-likeness (QED) is 0.171. The zero-order valence-electron chi connectivity index (χ0n) is 34.0. The highest BCUT2D eigenvalue weighted by Gasteiger charge is 2.42. The minimum atomic E-state index is -1.55. The van der Waals surface area contributed by atoms with Crippen LogP contribution in [0.15, 0.2) is 84.9 Å². The van der Waals surface area contributed by atoms with Gasteiger partial charge >= 0.3 is 11.9 Å². The largest absolute Gasteiger partial charge is 0.492 e. The molecule has 8 rings (SSSR count). The van der Waals surface area contributed by atoms with Crippen molar-refractivity contribution in [1.29, 1.82) is 0 Å². The molecule has 0 aromatic heterocycles. The molecule has 0 saturated heterocycles. The van der Waals surface area contributed by atoms with Crippen molar-refractivity contribution >= 4 is 36.2 Å². The second-order valence-corrected chi connectivity index (χ2v) is 14.0. The van der Waals surface area contributed by atoms with Crippen molar-refractivity contribution in [2.24, 2.45) is 0 Å². The number of ether oxygens (including phenoxy) is 10. The van der Waals surface area contributed by atoms with E-state index in [2.05, 4.69) is 0 Å². The van der Waals surface area contributed by atoms with E-state index >= 15 is 0 Å². The van der Waals surface area contributed by atoms with Crippen molar-refractivity contribution in [3.8, 4) is 23.0 Å². The highest BCUT2D eigenvalue weighted by atomic mass is 16.6. The highest BCUT2D eigenvalue weighted by molar-refractivity contribution is 5.88. The molecule has 2 N–H and O–H groups in total. The lowest BCUT2D eigenvalue weighted by atomic mass is 9.81. The zero-order valence-corrected chi connectivity index (χ0v) is 34.0. The highest BCUT2D eigenvalue weighted by Crippen LogP contribution is 2.33.